The number of amides is 2. The molecule has 1 aromatic heterocycles. The van der Waals surface area contributed by atoms with Crippen molar-refractivity contribution in [3.63, 3.8) is 0 Å². The Labute approximate surface area is 145 Å². The molecular weight excluding hydrogens is 314 g/mol. The fourth-order valence-electron chi connectivity index (χ4n) is 2.35. The minimum Gasteiger partial charge on any atom is -0.343 e. The van der Waals surface area contributed by atoms with Gasteiger partial charge in [0.1, 0.15) is 0 Å². The van der Waals surface area contributed by atoms with Gasteiger partial charge in [0.05, 0.1) is 6.54 Å². The van der Waals surface area contributed by atoms with Crippen molar-refractivity contribution in [2.24, 2.45) is 0 Å². The van der Waals surface area contributed by atoms with Crippen molar-refractivity contribution < 1.29 is 9.59 Å². The van der Waals surface area contributed by atoms with Crippen LogP contribution >= 0.6 is 0 Å². The average Bonchev–Trinajstić information content (AvgIpc) is 2.68. The number of aromatic nitrogens is 1. The number of benzene rings is 2. The van der Waals surface area contributed by atoms with Crippen LogP contribution in [-0.4, -0.2) is 23.3 Å². The van der Waals surface area contributed by atoms with Crippen LogP contribution in [0, 0.1) is 0 Å². The maximum Gasteiger partial charge on any atom is 0.251 e. The van der Waals surface area contributed by atoms with E-state index in [1.807, 2.05) is 42.5 Å². The van der Waals surface area contributed by atoms with E-state index >= 15 is 0 Å². The third-order valence-corrected chi connectivity index (χ3v) is 3.63. The van der Waals surface area contributed by atoms with E-state index in [0.717, 1.165) is 11.1 Å². The first-order chi connectivity index (χ1) is 12.2. The molecule has 5 heteroatoms. The van der Waals surface area contributed by atoms with Gasteiger partial charge in [0.2, 0.25) is 5.91 Å². The van der Waals surface area contributed by atoms with Gasteiger partial charge in [-0.1, -0.05) is 42.5 Å². The van der Waals surface area contributed by atoms with Gasteiger partial charge in [-0.25, -0.2) is 0 Å². The quantitative estimate of drug-likeness (QED) is 0.754. The van der Waals surface area contributed by atoms with E-state index in [9.17, 15) is 9.59 Å². The second kappa shape index (κ2) is 7.88. The molecular formula is C20H17N3O2. The number of anilines is 1. The number of carbonyl (C=O) groups is 2. The Bertz CT molecular complexity index is 847. The van der Waals surface area contributed by atoms with Crippen molar-refractivity contribution >= 4 is 17.5 Å². The molecule has 0 radical (unpaired) electrons. The highest BCUT2D eigenvalue weighted by Crippen LogP contribution is 2.19. The summed E-state index contributed by atoms with van der Waals surface area (Å²) in [5.74, 6) is -0.579. The monoisotopic (exact) mass is 331 g/mol. The molecule has 0 atom stereocenters. The summed E-state index contributed by atoms with van der Waals surface area (Å²) in [6, 6.07) is 20.6. The summed E-state index contributed by atoms with van der Waals surface area (Å²) < 4.78 is 0. The zero-order chi connectivity index (χ0) is 17.5. The number of hydrogen-bond acceptors (Lipinski definition) is 3. The van der Waals surface area contributed by atoms with E-state index in [2.05, 4.69) is 15.6 Å². The summed E-state index contributed by atoms with van der Waals surface area (Å²) in [6.07, 6.45) is 3.17. The van der Waals surface area contributed by atoms with E-state index < -0.39 is 0 Å². The first-order valence-electron chi connectivity index (χ1n) is 7.86. The summed E-state index contributed by atoms with van der Waals surface area (Å²) in [7, 11) is 0. The number of nitrogens with zero attached hydrogens (tertiary/aromatic N) is 1. The van der Waals surface area contributed by atoms with Gasteiger partial charge in [-0.2, -0.15) is 0 Å². The molecule has 2 aromatic carbocycles. The zero-order valence-electron chi connectivity index (χ0n) is 13.5. The van der Waals surface area contributed by atoms with Gasteiger partial charge in [-0.05, 0) is 35.4 Å². The molecule has 0 bridgehead atoms. The molecule has 0 spiro atoms. The Hall–Kier alpha value is -3.47. The van der Waals surface area contributed by atoms with Gasteiger partial charge < -0.3 is 10.6 Å². The number of nitrogens with one attached hydrogen (secondary N) is 2. The Kier molecular flexibility index (Phi) is 5.16. The molecule has 25 heavy (non-hydrogen) atoms. The third kappa shape index (κ3) is 4.51. The smallest absolute Gasteiger partial charge is 0.251 e. The lowest BCUT2D eigenvalue weighted by Crippen LogP contribution is -2.32. The number of pyridine rings is 1. The predicted molar refractivity (Wildman–Crippen MR) is 97.1 cm³/mol. The molecule has 124 valence electrons. The highest BCUT2D eigenvalue weighted by Gasteiger charge is 2.08. The van der Waals surface area contributed by atoms with Gasteiger partial charge in [0.15, 0.2) is 0 Å². The molecule has 0 saturated carbocycles. The predicted octanol–water partition coefficient (Wildman–Crippen LogP) is 3.12. The minimum absolute atomic E-state index is 0.0956. The molecule has 0 saturated heterocycles. The summed E-state index contributed by atoms with van der Waals surface area (Å²) >= 11 is 0. The van der Waals surface area contributed by atoms with Crippen molar-refractivity contribution in [3.8, 4) is 11.1 Å². The van der Waals surface area contributed by atoms with Gasteiger partial charge in [-0.3, -0.25) is 14.6 Å². The minimum atomic E-state index is -0.291. The van der Waals surface area contributed by atoms with Gasteiger partial charge in [0, 0.05) is 23.6 Å². The number of rotatable bonds is 5. The van der Waals surface area contributed by atoms with Crippen molar-refractivity contribution in [2.45, 2.75) is 0 Å². The molecule has 5 nitrogen and oxygen atoms in total. The van der Waals surface area contributed by atoms with E-state index in [4.69, 9.17) is 0 Å². The lowest BCUT2D eigenvalue weighted by atomic mass is 10.0. The normalized spacial score (nSPS) is 10.1. The van der Waals surface area contributed by atoms with E-state index in [1.54, 1.807) is 36.7 Å². The fourth-order valence-corrected chi connectivity index (χ4v) is 2.35. The van der Waals surface area contributed by atoms with Crippen LogP contribution in [0.3, 0.4) is 0 Å². The first-order valence-corrected chi connectivity index (χ1v) is 7.86. The summed E-state index contributed by atoms with van der Waals surface area (Å²) in [4.78, 5) is 27.9. The standard InChI is InChI=1S/C20H17N3O2/c24-19(23-18-10-12-21-13-11-18)14-22-20(25)17-8-6-16(7-9-17)15-4-2-1-3-5-15/h1-13H,14H2,(H,22,25)(H,21,23,24). The molecule has 3 aromatic rings. The molecule has 2 N–H and O–H groups in total. The Morgan fingerprint density at radius 2 is 1.44 bits per heavy atom. The molecule has 0 unspecified atom stereocenters. The molecule has 0 fully saturated rings. The van der Waals surface area contributed by atoms with Crippen LogP contribution in [0.4, 0.5) is 5.69 Å². The molecule has 0 aliphatic heterocycles. The molecule has 0 aliphatic carbocycles. The SMILES string of the molecule is O=C(CNC(=O)c1ccc(-c2ccccc2)cc1)Nc1ccncc1. The fraction of sp³-hybridized carbons (Fsp3) is 0.0500. The highest BCUT2D eigenvalue weighted by atomic mass is 16.2. The molecule has 1 heterocycles. The first kappa shape index (κ1) is 16.4. The molecule has 0 aliphatic rings. The van der Waals surface area contributed by atoms with Crippen molar-refractivity contribution in [3.05, 3.63) is 84.7 Å². The maximum absolute atomic E-state index is 12.1. The maximum atomic E-state index is 12.1. The zero-order valence-corrected chi connectivity index (χ0v) is 13.5. The van der Waals surface area contributed by atoms with Crippen LogP contribution in [0.25, 0.3) is 11.1 Å². The average molecular weight is 331 g/mol. The van der Waals surface area contributed by atoms with Gasteiger partial charge in [-0.15, -0.1) is 0 Å². The largest absolute Gasteiger partial charge is 0.343 e. The Morgan fingerprint density at radius 1 is 0.800 bits per heavy atom. The second-order valence-corrected chi connectivity index (χ2v) is 5.41. The van der Waals surface area contributed by atoms with Crippen LogP contribution in [0.5, 0.6) is 0 Å². The topological polar surface area (TPSA) is 71.1 Å². The highest BCUT2D eigenvalue weighted by molar-refractivity contribution is 5.99. The van der Waals surface area contributed by atoms with Crippen LogP contribution in [-0.2, 0) is 4.79 Å². The lowest BCUT2D eigenvalue weighted by Gasteiger charge is -2.07. The van der Waals surface area contributed by atoms with Crippen molar-refractivity contribution in [2.75, 3.05) is 11.9 Å². The van der Waals surface area contributed by atoms with Crippen molar-refractivity contribution in [1.82, 2.24) is 10.3 Å². The van der Waals surface area contributed by atoms with E-state index in [-0.39, 0.29) is 18.4 Å². The number of carbonyl (C=O) groups excluding carboxylic acids is 2. The van der Waals surface area contributed by atoms with E-state index in [1.165, 1.54) is 0 Å². The third-order valence-electron chi connectivity index (χ3n) is 3.63. The van der Waals surface area contributed by atoms with Crippen molar-refractivity contribution in [1.29, 1.82) is 0 Å². The van der Waals surface area contributed by atoms with Gasteiger partial charge in [0.25, 0.3) is 5.91 Å². The summed E-state index contributed by atoms with van der Waals surface area (Å²) in [5.41, 5.74) is 3.27. The van der Waals surface area contributed by atoms with Crippen LogP contribution in [0.15, 0.2) is 79.1 Å². The summed E-state index contributed by atoms with van der Waals surface area (Å²) in [6.45, 7) is -0.0956. The molecule has 2 amide bonds. The van der Waals surface area contributed by atoms with Crippen LogP contribution in [0.2, 0.25) is 0 Å². The van der Waals surface area contributed by atoms with Gasteiger partial charge >= 0.3 is 0 Å². The van der Waals surface area contributed by atoms with Crippen LogP contribution < -0.4 is 10.6 Å². The number of hydrogen-bond donors (Lipinski definition) is 2. The summed E-state index contributed by atoms with van der Waals surface area (Å²) in [5, 5.41) is 5.30. The molecule has 3 rings (SSSR count). The lowest BCUT2D eigenvalue weighted by molar-refractivity contribution is -0.115. The Morgan fingerprint density at radius 3 is 2.12 bits per heavy atom. The van der Waals surface area contributed by atoms with E-state index in [0.29, 0.717) is 11.3 Å². The van der Waals surface area contributed by atoms with Crippen LogP contribution in [0.1, 0.15) is 10.4 Å². The second-order valence-electron chi connectivity index (χ2n) is 5.41. The Balaban J connectivity index is 1.55.